The van der Waals surface area contributed by atoms with Gasteiger partial charge in [-0.3, -0.25) is 4.79 Å². The van der Waals surface area contributed by atoms with Crippen LogP contribution >= 0.6 is 11.6 Å². The number of benzene rings is 1. The zero-order valence-electron chi connectivity index (χ0n) is 12.7. The molecule has 2 aromatic heterocycles. The summed E-state index contributed by atoms with van der Waals surface area (Å²) in [6, 6.07) is 12.6. The molecule has 0 radical (unpaired) electrons. The number of nitrogens with zero attached hydrogens (tertiary/aromatic N) is 1. The summed E-state index contributed by atoms with van der Waals surface area (Å²) in [5, 5.41) is 7.23. The molecule has 0 aliphatic rings. The van der Waals surface area contributed by atoms with Crippen molar-refractivity contribution < 1.29 is 18.5 Å². The van der Waals surface area contributed by atoms with Gasteiger partial charge in [0.05, 0.1) is 12.9 Å². The fourth-order valence-electron chi connectivity index (χ4n) is 2.05. The Morgan fingerprint density at radius 3 is 2.88 bits per heavy atom. The van der Waals surface area contributed by atoms with Gasteiger partial charge in [0.2, 0.25) is 11.7 Å². The molecular formula is C17H15ClN2O4. The lowest BCUT2D eigenvalue weighted by Crippen LogP contribution is -2.27. The van der Waals surface area contributed by atoms with E-state index in [4.69, 9.17) is 25.3 Å². The van der Waals surface area contributed by atoms with Gasteiger partial charge in [0.25, 0.3) is 0 Å². The van der Waals surface area contributed by atoms with E-state index in [1.807, 2.05) is 18.2 Å². The molecule has 1 aromatic carbocycles. The number of carbonyl (C=O) groups is 1. The van der Waals surface area contributed by atoms with Crippen LogP contribution in [0.15, 0.2) is 57.7 Å². The minimum Gasteiger partial charge on any atom is -0.461 e. The van der Waals surface area contributed by atoms with Gasteiger partial charge >= 0.3 is 0 Å². The Bertz CT molecular complexity index is 799. The number of furan rings is 1. The van der Waals surface area contributed by atoms with Crippen LogP contribution in [0.25, 0.3) is 11.5 Å². The number of halogens is 1. The molecule has 6 nitrogen and oxygen atoms in total. The molecule has 3 rings (SSSR count). The SMILES string of the molecule is O=C(COCc1cc(-c2ccco2)on1)NCc1ccccc1Cl. The van der Waals surface area contributed by atoms with Crippen molar-refractivity contribution >= 4 is 17.5 Å². The second-order valence-corrected chi connectivity index (χ2v) is 5.43. The van der Waals surface area contributed by atoms with Gasteiger partial charge in [-0.2, -0.15) is 0 Å². The largest absolute Gasteiger partial charge is 0.461 e. The van der Waals surface area contributed by atoms with Gasteiger partial charge in [0, 0.05) is 17.6 Å². The third kappa shape index (κ3) is 4.24. The van der Waals surface area contributed by atoms with E-state index in [0.717, 1.165) is 5.56 Å². The first-order valence-corrected chi connectivity index (χ1v) is 7.67. The molecule has 1 amide bonds. The molecule has 0 spiro atoms. The highest BCUT2D eigenvalue weighted by molar-refractivity contribution is 6.31. The number of hydrogen-bond donors (Lipinski definition) is 1. The number of carbonyl (C=O) groups excluding carboxylic acids is 1. The van der Waals surface area contributed by atoms with Gasteiger partial charge in [0.1, 0.15) is 12.3 Å². The lowest BCUT2D eigenvalue weighted by atomic mass is 10.2. The van der Waals surface area contributed by atoms with Crippen LogP contribution in [0, 0.1) is 0 Å². The highest BCUT2D eigenvalue weighted by atomic mass is 35.5. The van der Waals surface area contributed by atoms with E-state index in [1.54, 1.807) is 30.5 Å². The molecule has 0 aliphatic heterocycles. The lowest BCUT2D eigenvalue weighted by molar-refractivity contribution is -0.126. The van der Waals surface area contributed by atoms with Crippen molar-refractivity contribution in [3.05, 3.63) is 65.0 Å². The molecule has 0 atom stereocenters. The molecule has 24 heavy (non-hydrogen) atoms. The molecule has 0 bridgehead atoms. The van der Waals surface area contributed by atoms with Gasteiger partial charge in [-0.25, -0.2) is 0 Å². The van der Waals surface area contributed by atoms with E-state index in [0.29, 0.717) is 28.8 Å². The Morgan fingerprint density at radius 2 is 2.08 bits per heavy atom. The average Bonchev–Trinajstić information content (AvgIpc) is 3.25. The molecule has 0 aliphatic carbocycles. The highest BCUT2D eigenvalue weighted by Gasteiger charge is 2.10. The summed E-state index contributed by atoms with van der Waals surface area (Å²) in [6.07, 6.45) is 1.55. The fourth-order valence-corrected chi connectivity index (χ4v) is 2.25. The predicted molar refractivity (Wildman–Crippen MR) is 87.2 cm³/mol. The first-order valence-electron chi connectivity index (χ1n) is 7.29. The van der Waals surface area contributed by atoms with Crippen LogP contribution < -0.4 is 5.32 Å². The van der Waals surface area contributed by atoms with Crippen LogP contribution in [0.1, 0.15) is 11.3 Å². The zero-order valence-corrected chi connectivity index (χ0v) is 13.5. The maximum Gasteiger partial charge on any atom is 0.246 e. The zero-order chi connectivity index (χ0) is 16.8. The van der Waals surface area contributed by atoms with Crippen molar-refractivity contribution in [2.75, 3.05) is 6.61 Å². The van der Waals surface area contributed by atoms with Crippen LogP contribution in [-0.4, -0.2) is 17.7 Å². The smallest absolute Gasteiger partial charge is 0.246 e. The van der Waals surface area contributed by atoms with E-state index < -0.39 is 0 Å². The van der Waals surface area contributed by atoms with E-state index in [2.05, 4.69) is 10.5 Å². The molecule has 0 fully saturated rings. The summed E-state index contributed by atoms with van der Waals surface area (Å²) in [5.41, 5.74) is 1.44. The van der Waals surface area contributed by atoms with Crippen molar-refractivity contribution in [1.29, 1.82) is 0 Å². The highest BCUT2D eigenvalue weighted by Crippen LogP contribution is 2.20. The Labute approximate surface area is 143 Å². The predicted octanol–water partition coefficient (Wildman–Crippen LogP) is 3.42. The number of amides is 1. The lowest BCUT2D eigenvalue weighted by Gasteiger charge is -2.06. The number of ether oxygens (including phenoxy) is 1. The van der Waals surface area contributed by atoms with Crippen molar-refractivity contribution in [2.45, 2.75) is 13.2 Å². The van der Waals surface area contributed by atoms with E-state index in [1.165, 1.54) is 0 Å². The minimum absolute atomic E-state index is 0.0760. The Balaban J connectivity index is 1.41. The topological polar surface area (TPSA) is 77.5 Å². The second kappa shape index (κ2) is 7.81. The van der Waals surface area contributed by atoms with Crippen LogP contribution in [0.2, 0.25) is 5.02 Å². The Morgan fingerprint density at radius 1 is 1.21 bits per heavy atom. The number of hydrogen-bond acceptors (Lipinski definition) is 5. The third-order valence-electron chi connectivity index (χ3n) is 3.24. The molecule has 0 unspecified atom stereocenters. The molecule has 2 heterocycles. The second-order valence-electron chi connectivity index (χ2n) is 5.02. The summed E-state index contributed by atoms with van der Waals surface area (Å²) < 4.78 is 15.7. The maximum absolute atomic E-state index is 11.8. The van der Waals surface area contributed by atoms with Crippen LogP contribution in [0.3, 0.4) is 0 Å². The standard InChI is InChI=1S/C17H15ClN2O4/c18-14-5-2-1-4-12(14)9-19-17(21)11-22-10-13-8-16(24-20-13)15-6-3-7-23-15/h1-8H,9-11H2,(H,19,21). The Kier molecular flexibility index (Phi) is 5.30. The van der Waals surface area contributed by atoms with E-state index >= 15 is 0 Å². The molecule has 3 aromatic rings. The molecule has 7 heteroatoms. The summed E-state index contributed by atoms with van der Waals surface area (Å²) in [6.45, 7) is 0.450. The van der Waals surface area contributed by atoms with Gasteiger partial charge in [-0.1, -0.05) is 35.0 Å². The average molecular weight is 347 g/mol. The molecule has 0 saturated heterocycles. The van der Waals surface area contributed by atoms with Gasteiger partial charge in [0.15, 0.2) is 5.76 Å². The monoisotopic (exact) mass is 346 g/mol. The number of aromatic nitrogens is 1. The van der Waals surface area contributed by atoms with Crippen molar-refractivity contribution in [3.63, 3.8) is 0 Å². The molecule has 124 valence electrons. The minimum atomic E-state index is -0.232. The van der Waals surface area contributed by atoms with Gasteiger partial charge < -0.3 is 19.0 Å². The molecule has 1 N–H and O–H groups in total. The maximum atomic E-state index is 11.8. The Hall–Kier alpha value is -2.57. The van der Waals surface area contributed by atoms with Crippen LogP contribution in [0.4, 0.5) is 0 Å². The summed E-state index contributed by atoms with van der Waals surface area (Å²) in [7, 11) is 0. The normalized spacial score (nSPS) is 10.7. The fraction of sp³-hybridized carbons (Fsp3) is 0.176. The van der Waals surface area contributed by atoms with E-state index in [-0.39, 0.29) is 19.1 Å². The van der Waals surface area contributed by atoms with Crippen molar-refractivity contribution in [3.8, 4) is 11.5 Å². The van der Waals surface area contributed by atoms with Crippen LogP contribution in [0.5, 0.6) is 0 Å². The van der Waals surface area contributed by atoms with Crippen molar-refractivity contribution in [1.82, 2.24) is 10.5 Å². The van der Waals surface area contributed by atoms with Crippen LogP contribution in [-0.2, 0) is 22.7 Å². The first kappa shape index (κ1) is 16.3. The van der Waals surface area contributed by atoms with E-state index in [9.17, 15) is 4.79 Å². The molecule has 0 saturated carbocycles. The quantitative estimate of drug-likeness (QED) is 0.709. The summed E-state index contributed by atoms with van der Waals surface area (Å²) in [5.74, 6) is 0.873. The summed E-state index contributed by atoms with van der Waals surface area (Å²) in [4.78, 5) is 11.8. The third-order valence-corrected chi connectivity index (χ3v) is 3.61. The van der Waals surface area contributed by atoms with Gasteiger partial charge in [-0.15, -0.1) is 0 Å². The van der Waals surface area contributed by atoms with Crippen molar-refractivity contribution in [2.24, 2.45) is 0 Å². The molecular weight excluding hydrogens is 332 g/mol. The first-order chi connectivity index (χ1) is 11.7. The van der Waals surface area contributed by atoms with Gasteiger partial charge in [-0.05, 0) is 23.8 Å². The number of nitrogens with one attached hydrogen (secondary N) is 1. The number of rotatable bonds is 7. The summed E-state index contributed by atoms with van der Waals surface area (Å²) >= 11 is 6.03.